The van der Waals surface area contributed by atoms with Crippen LogP contribution < -0.4 is 0 Å². The second kappa shape index (κ2) is 56.0. The van der Waals surface area contributed by atoms with Crippen molar-refractivity contribution >= 4 is 17.9 Å². The summed E-state index contributed by atoms with van der Waals surface area (Å²) in [5.74, 6) is -0.872. The van der Waals surface area contributed by atoms with Gasteiger partial charge in [0.05, 0.1) is 0 Å². The number of carbonyl (C=O) groups is 3. The predicted molar refractivity (Wildman–Crippen MR) is 289 cm³/mol. The largest absolute Gasteiger partial charge is 0.462 e. The van der Waals surface area contributed by atoms with Gasteiger partial charge in [-0.15, -0.1) is 0 Å². The molecule has 0 aromatic carbocycles. The smallest absolute Gasteiger partial charge is 0.306 e. The lowest BCUT2D eigenvalue weighted by Gasteiger charge is -2.18. The lowest BCUT2D eigenvalue weighted by atomic mass is 10.0. The van der Waals surface area contributed by atoms with Gasteiger partial charge in [0.25, 0.3) is 0 Å². The van der Waals surface area contributed by atoms with Gasteiger partial charge in [0, 0.05) is 19.3 Å². The van der Waals surface area contributed by atoms with Crippen molar-refractivity contribution in [3.05, 3.63) is 48.6 Å². The Morgan fingerprint density at radius 3 is 0.851 bits per heavy atom. The molecule has 0 aliphatic heterocycles. The molecule has 67 heavy (non-hydrogen) atoms. The van der Waals surface area contributed by atoms with Crippen molar-refractivity contribution in [1.82, 2.24) is 0 Å². The maximum Gasteiger partial charge on any atom is 0.306 e. The van der Waals surface area contributed by atoms with E-state index in [0.717, 1.165) is 77.0 Å². The van der Waals surface area contributed by atoms with Crippen LogP contribution in [0, 0.1) is 0 Å². The van der Waals surface area contributed by atoms with Gasteiger partial charge < -0.3 is 14.2 Å². The van der Waals surface area contributed by atoms with Crippen LogP contribution in [-0.4, -0.2) is 37.2 Å². The second-order valence-electron chi connectivity index (χ2n) is 19.6. The molecule has 0 aromatic heterocycles. The van der Waals surface area contributed by atoms with E-state index in [1.807, 2.05) is 0 Å². The third kappa shape index (κ3) is 54.2. The molecular weight excluding hydrogens is 829 g/mol. The number of hydrogen-bond acceptors (Lipinski definition) is 6. The van der Waals surface area contributed by atoms with Gasteiger partial charge in [0.1, 0.15) is 13.2 Å². The normalized spacial score (nSPS) is 12.3. The first-order valence-corrected chi connectivity index (χ1v) is 29.1. The Labute approximate surface area is 416 Å². The first-order valence-electron chi connectivity index (χ1n) is 29.1. The fraction of sp³-hybridized carbons (Fsp3) is 0.820. The molecule has 0 N–H and O–H groups in total. The van der Waals surface area contributed by atoms with E-state index in [2.05, 4.69) is 69.4 Å². The van der Waals surface area contributed by atoms with Gasteiger partial charge in [-0.2, -0.15) is 0 Å². The van der Waals surface area contributed by atoms with E-state index in [9.17, 15) is 14.4 Å². The Morgan fingerprint density at radius 2 is 0.537 bits per heavy atom. The van der Waals surface area contributed by atoms with Gasteiger partial charge in [-0.25, -0.2) is 0 Å². The highest BCUT2D eigenvalue weighted by molar-refractivity contribution is 5.71. The summed E-state index contributed by atoms with van der Waals surface area (Å²) in [4.78, 5) is 38.2. The highest BCUT2D eigenvalue weighted by Crippen LogP contribution is 2.16. The van der Waals surface area contributed by atoms with Crippen LogP contribution in [-0.2, 0) is 28.6 Å². The summed E-state index contributed by atoms with van der Waals surface area (Å²) >= 11 is 0. The van der Waals surface area contributed by atoms with Gasteiger partial charge in [0.15, 0.2) is 6.10 Å². The van der Waals surface area contributed by atoms with Crippen LogP contribution in [0.4, 0.5) is 0 Å². The van der Waals surface area contributed by atoms with Crippen molar-refractivity contribution in [3.8, 4) is 0 Å². The number of carbonyl (C=O) groups excluding carboxylic acids is 3. The van der Waals surface area contributed by atoms with Crippen LogP contribution in [0.3, 0.4) is 0 Å². The number of unbranched alkanes of at least 4 members (excludes halogenated alkanes) is 34. The van der Waals surface area contributed by atoms with E-state index in [0.29, 0.717) is 19.3 Å². The molecule has 0 fully saturated rings. The average molecular weight is 940 g/mol. The Kier molecular flexibility index (Phi) is 53.8. The second-order valence-corrected chi connectivity index (χ2v) is 19.6. The Bertz CT molecular complexity index is 1170. The van der Waals surface area contributed by atoms with Gasteiger partial charge >= 0.3 is 17.9 Å². The molecule has 0 rings (SSSR count). The van der Waals surface area contributed by atoms with E-state index in [1.54, 1.807) is 0 Å². The maximum absolute atomic E-state index is 12.9. The summed E-state index contributed by atoms with van der Waals surface area (Å²) in [6.45, 7) is 6.61. The summed E-state index contributed by atoms with van der Waals surface area (Å²) in [6, 6.07) is 0. The molecule has 0 aromatic rings. The number of hydrogen-bond donors (Lipinski definition) is 0. The predicted octanol–water partition coefficient (Wildman–Crippen LogP) is 19.4. The van der Waals surface area contributed by atoms with Crippen molar-refractivity contribution in [2.75, 3.05) is 13.2 Å². The van der Waals surface area contributed by atoms with E-state index in [-0.39, 0.29) is 31.1 Å². The highest BCUT2D eigenvalue weighted by Gasteiger charge is 2.19. The molecule has 0 saturated heterocycles. The molecule has 1 atom stereocenters. The third-order valence-corrected chi connectivity index (χ3v) is 12.8. The summed E-state index contributed by atoms with van der Waals surface area (Å²) in [7, 11) is 0. The zero-order valence-electron chi connectivity index (χ0n) is 44.7. The van der Waals surface area contributed by atoms with Crippen molar-refractivity contribution in [1.29, 1.82) is 0 Å². The van der Waals surface area contributed by atoms with Crippen molar-refractivity contribution < 1.29 is 28.6 Å². The van der Waals surface area contributed by atoms with Gasteiger partial charge in [-0.05, 0) is 83.5 Å². The Hall–Kier alpha value is -2.63. The van der Waals surface area contributed by atoms with Crippen LogP contribution in [0.25, 0.3) is 0 Å². The summed E-state index contributed by atoms with van der Waals surface area (Å²) in [6.07, 6.45) is 68.1. The molecule has 6 nitrogen and oxygen atoms in total. The number of rotatable bonds is 53. The molecule has 0 saturated carbocycles. The zero-order valence-corrected chi connectivity index (χ0v) is 44.7. The molecule has 0 radical (unpaired) electrons. The lowest BCUT2D eigenvalue weighted by Crippen LogP contribution is -2.30. The van der Waals surface area contributed by atoms with Crippen molar-refractivity contribution in [2.45, 2.75) is 309 Å². The molecule has 0 aliphatic rings. The standard InChI is InChI=1S/C61H110O6/c1-4-7-10-13-16-19-22-25-27-29-30-32-34-37-40-43-46-49-52-55-61(64)67-58(56-65-59(62)53-50-47-44-41-38-35-24-21-18-15-12-9-6-3)57-66-60(63)54-51-48-45-42-39-36-33-31-28-26-23-20-17-14-11-8-5-2/h16-17,19-20,25-28,58H,4-15,18,21-24,29-57H2,1-3H3/b19-16-,20-17-,27-25-,28-26-/t58-/m0/s1. The minimum atomic E-state index is -0.776. The molecule has 390 valence electrons. The van der Waals surface area contributed by atoms with Crippen LogP contribution in [0.2, 0.25) is 0 Å². The average Bonchev–Trinajstić information content (AvgIpc) is 3.33. The van der Waals surface area contributed by atoms with Crippen LogP contribution in [0.1, 0.15) is 303 Å². The summed E-state index contributed by atoms with van der Waals surface area (Å²) in [5.41, 5.74) is 0. The molecule has 0 heterocycles. The number of esters is 3. The van der Waals surface area contributed by atoms with Crippen LogP contribution in [0.15, 0.2) is 48.6 Å². The highest BCUT2D eigenvalue weighted by atomic mass is 16.6. The minimum Gasteiger partial charge on any atom is -0.462 e. The first kappa shape index (κ1) is 64.4. The van der Waals surface area contributed by atoms with Crippen LogP contribution >= 0.6 is 0 Å². The van der Waals surface area contributed by atoms with Crippen LogP contribution in [0.5, 0.6) is 0 Å². The van der Waals surface area contributed by atoms with Crippen molar-refractivity contribution in [2.24, 2.45) is 0 Å². The SMILES string of the molecule is CCCCC/C=C\C/C=C\CCCCCCCCCCCC(=O)O[C@H](COC(=O)CCCCCCCCC/C=C\C/C=C\CCCCC)COC(=O)CCCCCCCCCCCCCCC. The van der Waals surface area contributed by atoms with Gasteiger partial charge in [-0.1, -0.05) is 249 Å². The summed E-state index contributed by atoms with van der Waals surface area (Å²) < 4.78 is 16.9. The van der Waals surface area contributed by atoms with E-state index >= 15 is 0 Å². The fourth-order valence-electron chi connectivity index (χ4n) is 8.39. The maximum atomic E-state index is 12.9. The first-order chi connectivity index (χ1) is 33.0. The van der Waals surface area contributed by atoms with Crippen molar-refractivity contribution in [3.63, 3.8) is 0 Å². The number of ether oxygens (including phenoxy) is 3. The molecule has 0 spiro atoms. The van der Waals surface area contributed by atoms with E-state index in [4.69, 9.17) is 14.2 Å². The molecule has 6 heteroatoms. The fourth-order valence-corrected chi connectivity index (χ4v) is 8.39. The Balaban J connectivity index is 4.36. The molecule has 0 bridgehead atoms. The topological polar surface area (TPSA) is 78.9 Å². The molecule has 0 unspecified atom stereocenters. The quantitative estimate of drug-likeness (QED) is 0.0262. The Morgan fingerprint density at radius 1 is 0.299 bits per heavy atom. The zero-order chi connectivity index (χ0) is 48.6. The minimum absolute atomic E-state index is 0.0743. The number of allylic oxidation sites excluding steroid dienone is 8. The van der Waals surface area contributed by atoms with E-state index in [1.165, 1.54) is 186 Å². The van der Waals surface area contributed by atoms with Gasteiger partial charge in [-0.3, -0.25) is 14.4 Å². The van der Waals surface area contributed by atoms with Gasteiger partial charge in [0.2, 0.25) is 0 Å². The molecule has 0 amide bonds. The monoisotopic (exact) mass is 939 g/mol. The lowest BCUT2D eigenvalue weighted by molar-refractivity contribution is -0.167. The third-order valence-electron chi connectivity index (χ3n) is 12.8. The summed E-state index contributed by atoms with van der Waals surface area (Å²) in [5, 5.41) is 0. The molecule has 0 aliphatic carbocycles. The molecular formula is C61H110O6. The van der Waals surface area contributed by atoms with E-state index < -0.39 is 6.10 Å².